The fourth-order valence-corrected chi connectivity index (χ4v) is 3.52. The standard InChI is InChI=1S/C22H24N4O/c1-16-8-9-17(2)20(12-16)26-14-19(13-25-11-10-23-21(27)15-25)22(24-26)18-6-4-3-5-7-18/h3-9,12,14H,10-11,13,15H2,1-2H3,(H,23,27). The van der Waals surface area contributed by atoms with Gasteiger partial charge < -0.3 is 5.32 Å². The van der Waals surface area contributed by atoms with E-state index in [1.165, 1.54) is 11.1 Å². The van der Waals surface area contributed by atoms with Crippen molar-refractivity contribution in [2.24, 2.45) is 0 Å². The summed E-state index contributed by atoms with van der Waals surface area (Å²) in [6.07, 6.45) is 2.11. The molecule has 27 heavy (non-hydrogen) atoms. The summed E-state index contributed by atoms with van der Waals surface area (Å²) in [7, 11) is 0. The molecule has 1 aromatic heterocycles. The van der Waals surface area contributed by atoms with Gasteiger partial charge in [-0.25, -0.2) is 4.68 Å². The van der Waals surface area contributed by atoms with E-state index in [0.717, 1.165) is 29.1 Å². The molecule has 0 unspecified atom stereocenters. The maximum absolute atomic E-state index is 11.8. The van der Waals surface area contributed by atoms with Gasteiger partial charge in [0.2, 0.25) is 5.91 Å². The molecule has 1 amide bonds. The molecule has 3 aromatic rings. The molecular weight excluding hydrogens is 336 g/mol. The normalized spacial score (nSPS) is 15.0. The molecule has 1 N–H and O–H groups in total. The van der Waals surface area contributed by atoms with E-state index < -0.39 is 0 Å². The lowest BCUT2D eigenvalue weighted by molar-refractivity contribution is -0.124. The Balaban J connectivity index is 1.75. The summed E-state index contributed by atoms with van der Waals surface area (Å²) in [5, 5.41) is 7.81. The zero-order valence-corrected chi connectivity index (χ0v) is 15.8. The minimum absolute atomic E-state index is 0.0874. The van der Waals surface area contributed by atoms with Gasteiger partial charge in [0.05, 0.1) is 17.9 Å². The number of aromatic nitrogens is 2. The van der Waals surface area contributed by atoms with Gasteiger partial charge in [0.15, 0.2) is 0 Å². The Kier molecular flexibility index (Phi) is 4.77. The highest BCUT2D eigenvalue weighted by Gasteiger charge is 2.20. The first-order valence-corrected chi connectivity index (χ1v) is 9.31. The smallest absolute Gasteiger partial charge is 0.234 e. The summed E-state index contributed by atoms with van der Waals surface area (Å²) in [4.78, 5) is 13.9. The zero-order chi connectivity index (χ0) is 18.8. The van der Waals surface area contributed by atoms with Crippen LogP contribution in [-0.2, 0) is 11.3 Å². The lowest BCUT2D eigenvalue weighted by atomic mass is 10.1. The highest BCUT2D eigenvalue weighted by atomic mass is 16.2. The Bertz CT molecular complexity index is 962. The van der Waals surface area contributed by atoms with E-state index >= 15 is 0 Å². The van der Waals surface area contributed by atoms with E-state index in [1.807, 2.05) is 22.9 Å². The van der Waals surface area contributed by atoms with Gasteiger partial charge >= 0.3 is 0 Å². The van der Waals surface area contributed by atoms with Crippen LogP contribution in [0.2, 0.25) is 0 Å². The Morgan fingerprint density at radius 2 is 1.93 bits per heavy atom. The lowest BCUT2D eigenvalue weighted by Crippen LogP contribution is -2.47. The number of hydrogen-bond donors (Lipinski definition) is 1. The molecule has 0 bridgehead atoms. The van der Waals surface area contributed by atoms with Crippen molar-refractivity contribution < 1.29 is 4.79 Å². The van der Waals surface area contributed by atoms with Crippen LogP contribution in [0.1, 0.15) is 16.7 Å². The van der Waals surface area contributed by atoms with Crippen LogP contribution in [-0.4, -0.2) is 40.2 Å². The first-order chi connectivity index (χ1) is 13.1. The molecule has 5 nitrogen and oxygen atoms in total. The van der Waals surface area contributed by atoms with Crippen molar-refractivity contribution in [2.75, 3.05) is 19.6 Å². The molecule has 0 radical (unpaired) electrons. The van der Waals surface area contributed by atoms with Crippen molar-refractivity contribution in [3.05, 3.63) is 71.4 Å². The third kappa shape index (κ3) is 3.78. The number of benzene rings is 2. The number of nitrogens with zero attached hydrogens (tertiary/aromatic N) is 3. The number of amides is 1. The number of piperazine rings is 1. The molecule has 2 heterocycles. The molecule has 0 saturated carbocycles. The molecule has 5 heteroatoms. The minimum Gasteiger partial charge on any atom is -0.354 e. The van der Waals surface area contributed by atoms with E-state index in [4.69, 9.17) is 5.10 Å². The number of hydrogen-bond acceptors (Lipinski definition) is 3. The second-order valence-corrected chi connectivity index (χ2v) is 7.16. The van der Waals surface area contributed by atoms with E-state index in [-0.39, 0.29) is 5.91 Å². The molecule has 0 spiro atoms. The largest absolute Gasteiger partial charge is 0.354 e. The second kappa shape index (κ2) is 7.37. The minimum atomic E-state index is 0.0874. The zero-order valence-electron chi connectivity index (χ0n) is 15.8. The molecule has 1 aliphatic heterocycles. The molecule has 4 rings (SSSR count). The quantitative estimate of drug-likeness (QED) is 0.778. The van der Waals surface area contributed by atoms with Gasteiger partial charge in [-0.15, -0.1) is 0 Å². The van der Waals surface area contributed by atoms with Crippen LogP contribution in [0.25, 0.3) is 16.9 Å². The SMILES string of the molecule is Cc1ccc(C)c(-n2cc(CN3CCNC(=O)C3)c(-c3ccccc3)n2)c1. The third-order valence-electron chi connectivity index (χ3n) is 4.96. The molecular formula is C22H24N4O. The summed E-state index contributed by atoms with van der Waals surface area (Å²) < 4.78 is 1.98. The van der Waals surface area contributed by atoms with Gasteiger partial charge in [0.25, 0.3) is 0 Å². The summed E-state index contributed by atoms with van der Waals surface area (Å²) in [6, 6.07) is 16.7. The Hall–Kier alpha value is -2.92. The van der Waals surface area contributed by atoms with Crippen molar-refractivity contribution in [1.29, 1.82) is 0 Å². The molecule has 1 saturated heterocycles. The maximum Gasteiger partial charge on any atom is 0.234 e. The lowest BCUT2D eigenvalue weighted by Gasteiger charge is -2.26. The van der Waals surface area contributed by atoms with Crippen LogP contribution in [0.15, 0.2) is 54.7 Å². The number of rotatable bonds is 4. The summed E-state index contributed by atoms with van der Waals surface area (Å²) in [6.45, 7) is 6.90. The fraction of sp³-hybridized carbons (Fsp3) is 0.273. The van der Waals surface area contributed by atoms with E-state index in [2.05, 4.69) is 60.6 Å². The number of carbonyl (C=O) groups excluding carboxylic acids is 1. The average Bonchev–Trinajstić information content (AvgIpc) is 3.08. The molecule has 0 atom stereocenters. The molecule has 0 aliphatic carbocycles. The van der Waals surface area contributed by atoms with Crippen molar-refractivity contribution in [3.8, 4) is 16.9 Å². The second-order valence-electron chi connectivity index (χ2n) is 7.16. The van der Waals surface area contributed by atoms with Gasteiger partial charge in [0.1, 0.15) is 0 Å². The molecule has 1 aliphatic rings. The van der Waals surface area contributed by atoms with Gasteiger partial charge in [-0.2, -0.15) is 5.10 Å². The van der Waals surface area contributed by atoms with Crippen LogP contribution >= 0.6 is 0 Å². The van der Waals surface area contributed by atoms with E-state index in [9.17, 15) is 4.79 Å². The molecule has 1 fully saturated rings. The van der Waals surface area contributed by atoms with Crippen molar-refractivity contribution in [1.82, 2.24) is 20.0 Å². The topological polar surface area (TPSA) is 50.2 Å². The number of nitrogens with one attached hydrogen (secondary N) is 1. The van der Waals surface area contributed by atoms with Crippen LogP contribution in [0, 0.1) is 13.8 Å². The average molecular weight is 360 g/mol. The van der Waals surface area contributed by atoms with Crippen LogP contribution < -0.4 is 5.32 Å². The predicted octanol–water partition coefficient (Wildman–Crippen LogP) is 3.09. The highest BCUT2D eigenvalue weighted by molar-refractivity contribution is 5.78. The monoisotopic (exact) mass is 360 g/mol. The van der Waals surface area contributed by atoms with Gasteiger partial charge in [0, 0.05) is 37.0 Å². The van der Waals surface area contributed by atoms with Gasteiger partial charge in [-0.1, -0.05) is 42.5 Å². The summed E-state index contributed by atoms with van der Waals surface area (Å²) >= 11 is 0. The van der Waals surface area contributed by atoms with Crippen molar-refractivity contribution >= 4 is 5.91 Å². The fourth-order valence-electron chi connectivity index (χ4n) is 3.52. The first kappa shape index (κ1) is 17.5. The Morgan fingerprint density at radius 3 is 2.70 bits per heavy atom. The van der Waals surface area contributed by atoms with Crippen LogP contribution in [0.5, 0.6) is 0 Å². The van der Waals surface area contributed by atoms with E-state index in [1.54, 1.807) is 0 Å². The highest BCUT2D eigenvalue weighted by Crippen LogP contribution is 2.26. The number of carbonyl (C=O) groups is 1. The number of aryl methyl sites for hydroxylation is 2. The Morgan fingerprint density at radius 1 is 1.11 bits per heavy atom. The van der Waals surface area contributed by atoms with Gasteiger partial charge in [-0.3, -0.25) is 9.69 Å². The summed E-state index contributed by atoms with van der Waals surface area (Å²) in [5.41, 5.74) is 6.69. The van der Waals surface area contributed by atoms with Crippen molar-refractivity contribution in [2.45, 2.75) is 20.4 Å². The molecule has 2 aromatic carbocycles. The molecule has 138 valence electrons. The Labute approximate surface area is 159 Å². The van der Waals surface area contributed by atoms with Gasteiger partial charge in [-0.05, 0) is 31.0 Å². The van der Waals surface area contributed by atoms with Crippen molar-refractivity contribution in [3.63, 3.8) is 0 Å². The van der Waals surface area contributed by atoms with Crippen LogP contribution in [0.3, 0.4) is 0 Å². The predicted molar refractivity (Wildman–Crippen MR) is 107 cm³/mol. The van der Waals surface area contributed by atoms with E-state index in [0.29, 0.717) is 19.6 Å². The first-order valence-electron chi connectivity index (χ1n) is 9.31. The van der Waals surface area contributed by atoms with Crippen LogP contribution in [0.4, 0.5) is 0 Å². The summed E-state index contributed by atoms with van der Waals surface area (Å²) in [5.74, 6) is 0.0874. The third-order valence-corrected chi connectivity index (χ3v) is 4.96. The maximum atomic E-state index is 11.8.